The van der Waals surface area contributed by atoms with Crippen molar-refractivity contribution in [1.29, 1.82) is 5.26 Å². The van der Waals surface area contributed by atoms with E-state index in [0.29, 0.717) is 12.8 Å². The highest BCUT2D eigenvalue weighted by Gasteiger charge is 2.35. The van der Waals surface area contributed by atoms with E-state index in [1.165, 1.54) is 0 Å². The lowest BCUT2D eigenvalue weighted by Gasteiger charge is -2.35. The van der Waals surface area contributed by atoms with Crippen molar-refractivity contribution in [3.8, 4) is 6.07 Å². The van der Waals surface area contributed by atoms with Crippen LogP contribution in [0.4, 0.5) is 4.79 Å². The fourth-order valence-electron chi connectivity index (χ4n) is 1.70. The molecule has 1 heterocycles. The van der Waals surface area contributed by atoms with Gasteiger partial charge in [0.1, 0.15) is 5.54 Å². The molecule has 0 spiro atoms. The first-order valence-electron chi connectivity index (χ1n) is 5.56. The van der Waals surface area contributed by atoms with Gasteiger partial charge in [-0.2, -0.15) is 5.26 Å². The van der Waals surface area contributed by atoms with E-state index in [0.717, 1.165) is 13.1 Å². The van der Waals surface area contributed by atoms with Gasteiger partial charge in [-0.25, -0.2) is 4.79 Å². The number of rotatable bonds is 2. The van der Waals surface area contributed by atoms with Gasteiger partial charge in [-0.1, -0.05) is 0 Å². The van der Waals surface area contributed by atoms with Crippen LogP contribution in [0.1, 0.15) is 26.7 Å². The lowest BCUT2D eigenvalue weighted by Crippen LogP contribution is -2.54. The van der Waals surface area contributed by atoms with Crippen LogP contribution in [-0.4, -0.2) is 42.8 Å². The zero-order chi connectivity index (χ0) is 12.2. The largest absolute Gasteiger partial charge is 0.447 e. The molecule has 1 aliphatic heterocycles. The number of hydrogen-bond acceptors (Lipinski definition) is 4. The molecule has 5 nitrogen and oxygen atoms in total. The van der Waals surface area contributed by atoms with Gasteiger partial charge >= 0.3 is 6.09 Å². The van der Waals surface area contributed by atoms with E-state index < -0.39 is 11.6 Å². The maximum absolute atomic E-state index is 11.5. The van der Waals surface area contributed by atoms with Gasteiger partial charge in [0.25, 0.3) is 0 Å². The average molecular weight is 225 g/mol. The second-order valence-corrected chi connectivity index (χ2v) is 4.58. The van der Waals surface area contributed by atoms with E-state index in [4.69, 9.17) is 4.74 Å². The summed E-state index contributed by atoms with van der Waals surface area (Å²) in [6, 6.07) is 2.20. The molecule has 5 heteroatoms. The van der Waals surface area contributed by atoms with Crippen LogP contribution < -0.4 is 5.32 Å². The molecule has 1 N–H and O–H groups in total. The van der Waals surface area contributed by atoms with E-state index >= 15 is 0 Å². The molecular formula is C11H19N3O2. The third-order valence-corrected chi connectivity index (χ3v) is 2.74. The van der Waals surface area contributed by atoms with E-state index in [2.05, 4.69) is 16.3 Å². The highest BCUT2D eigenvalue weighted by atomic mass is 16.6. The van der Waals surface area contributed by atoms with E-state index in [9.17, 15) is 10.1 Å². The summed E-state index contributed by atoms with van der Waals surface area (Å²) >= 11 is 0. The van der Waals surface area contributed by atoms with Gasteiger partial charge in [0.05, 0.1) is 12.2 Å². The molecule has 0 bridgehead atoms. The fourth-order valence-corrected chi connectivity index (χ4v) is 1.70. The zero-order valence-corrected chi connectivity index (χ0v) is 10.1. The van der Waals surface area contributed by atoms with E-state index in [1.54, 1.807) is 13.8 Å². The minimum absolute atomic E-state index is 0.165. The van der Waals surface area contributed by atoms with Crippen LogP contribution in [0.5, 0.6) is 0 Å². The molecule has 0 saturated carbocycles. The summed E-state index contributed by atoms with van der Waals surface area (Å²) in [6.45, 7) is 5.20. The first kappa shape index (κ1) is 12.8. The molecule has 0 radical (unpaired) electrons. The highest BCUT2D eigenvalue weighted by Crippen LogP contribution is 2.20. The number of hydrogen-bond donors (Lipinski definition) is 1. The maximum atomic E-state index is 11.5. The monoisotopic (exact) mass is 225 g/mol. The van der Waals surface area contributed by atoms with Crippen LogP contribution >= 0.6 is 0 Å². The molecule has 0 aromatic carbocycles. The predicted molar refractivity (Wildman–Crippen MR) is 59.8 cm³/mol. The SMILES string of the molecule is CC(C)OC(=O)NC1(C#N)CCN(C)CC1. The minimum atomic E-state index is -0.752. The Kier molecular flexibility index (Phi) is 4.13. The Hall–Kier alpha value is -1.28. The Morgan fingerprint density at radius 3 is 2.50 bits per heavy atom. The lowest BCUT2D eigenvalue weighted by atomic mass is 9.89. The molecule has 90 valence electrons. The third-order valence-electron chi connectivity index (χ3n) is 2.74. The quantitative estimate of drug-likeness (QED) is 0.764. The van der Waals surface area contributed by atoms with E-state index in [-0.39, 0.29) is 6.10 Å². The van der Waals surface area contributed by atoms with E-state index in [1.807, 2.05) is 7.05 Å². The van der Waals surface area contributed by atoms with Crippen molar-refractivity contribution in [3.05, 3.63) is 0 Å². The molecule has 1 rings (SSSR count). The standard InChI is InChI=1S/C11H19N3O2/c1-9(2)16-10(15)13-11(8-12)4-6-14(3)7-5-11/h9H,4-7H2,1-3H3,(H,13,15). The molecule has 0 aromatic heterocycles. The van der Waals surface area contributed by atoms with Crippen molar-refractivity contribution in [2.75, 3.05) is 20.1 Å². The van der Waals surface area contributed by atoms with Crippen molar-refractivity contribution < 1.29 is 9.53 Å². The normalized spacial score (nSPS) is 20.2. The number of ether oxygens (including phenoxy) is 1. The lowest BCUT2D eigenvalue weighted by molar-refractivity contribution is 0.0997. The smallest absolute Gasteiger partial charge is 0.408 e. The van der Waals surface area contributed by atoms with Gasteiger partial charge in [-0.05, 0) is 33.7 Å². The van der Waals surface area contributed by atoms with Crippen molar-refractivity contribution in [2.45, 2.75) is 38.3 Å². The van der Waals surface area contributed by atoms with Crippen molar-refractivity contribution in [2.24, 2.45) is 0 Å². The predicted octanol–water partition coefficient (Wildman–Crippen LogP) is 1.11. The van der Waals surface area contributed by atoms with Gasteiger partial charge in [0, 0.05) is 13.1 Å². The summed E-state index contributed by atoms with van der Waals surface area (Å²) < 4.78 is 4.99. The van der Waals surface area contributed by atoms with Crippen LogP contribution in [0.3, 0.4) is 0 Å². The van der Waals surface area contributed by atoms with Crippen molar-refractivity contribution >= 4 is 6.09 Å². The Balaban J connectivity index is 2.55. The molecule has 0 atom stereocenters. The molecular weight excluding hydrogens is 206 g/mol. The maximum Gasteiger partial charge on any atom is 0.408 e. The molecule has 1 aliphatic rings. The molecule has 1 saturated heterocycles. The van der Waals surface area contributed by atoms with Crippen LogP contribution in [0.2, 0.25) is 0 Å². The second-order valence-electron chi connectivity index (χ2n) is 4.58. The number of carbonyl (C=O) groups excluding carboxylic acids is 1. The molecule has 1 amide bonds. The van der Waals surface area contributed by atoms with Gasteiger partial charge in [-0.3, -0.25) is 0 Å². The van der Waals surface area contributed by atoms with Gasteiger partial charge in [-0.15, -0.1) is 0 Å². The first-order valence-corrected chi connectivity index (χ1v) is 5.56. The number of piperidine rings is 1. The van der Waals surface area contributed by atoms with Crippen LogP contribution in [0.25, 0.3) is 0 Å². The Labute approximate surface area is 96.4 Å². The molecule has 16 heavy (non-hydrogen) atoms. The summed E-state index contributed by atoms with van der Waals surface area (Å²) in [4.78, 5) is 13.6. The van der Waals surface area contributed by atoms with Gasteiger partial charge < -0.3 is 15.0 Å². The number of nitrogens with zero attached hydrogens (tertiary/aromatic N) is 2. The first-order chi connectivity index (χ1) is 7.47. The number of likely N-dealkylation sites (tertiary alicyclic amines) is 1. The number of nitriles is 1. The Bertz CT molecular complexity index is 288. The number of amides is 1. The zero-order valence-electron chi connectivity index (χ0n) is 10.1. The fraction of sp³-hybridized carbons (Fsp3) is 0.818. The summed E-state index contributed by atoms with van der Waals surface area (Å²) in [5.41, 5.74) is -0.752. The summed E-state index contributed by atoms with van der Waals surface area (Å²) in [5.74, 6) is 0. The molecule has 0 unspecified atom stereocenters. The van der Waals surface area contributed by atoms with Crippen LogP contribution in [0, 0.1) is 11.3 Å². The third kappa shape index (κ3) is 3.38. The van der Waals surface area contributed by atoms with Crippen LogP contribution in [-0.2, 0) is 4.74 Å². The number of carbonyl (C=O) groups is 1. The van der Waals surface area contributed by atoms with Gasteiger partial charge in [0.2, 0.25) is 0 Å². The van der Waals surface area contributed by atoms with Crippen molar-refractivity contribution in [3.63, 3.8) is 0 Å². The van der Waals surface area contributed by atoms with Crippen molar-refractivity contribution in [1.82, 2.24) is 10.2 Å². The molecule has 0 aliphatic carbocycles. The van der Waals surface area contributed by atoms with Gasteiger partial charge in [0.15, 0.2) is 0 Å². The summed E-state index contributed by atoms with van der Waals surface area (Å²) in [6.07, 6.45) is 0.628. The molecule has 0 aromatic rings. The number of alkyl carbamates (subject to hydrolysis) is 1. The minimum Gasteiger partial charge on any atom is -0.447 e. The number of nitrogens with one attached hydrogen (secondary N) is 1. The summed E-state index contributed by atoms with van der Waals surface area (Å²) in [7, 11) is 2.01. The molecule has 1 fully saturated rings. The summed E-state index contributed by atoms with van der Waals surface area (Å²) in [5, 5.41) is 11.9. The Morgan fingerprint density at radius 1 is 1.50 bits per heavy atom. The average Bonchev–Trinajstić information content (AvgIpc) is 2.21. The highest BCUT2D eigenvalue weighted by molar-refractivity contribution is 5.69. The second kappa shape index (κ2) is 5.17. The van der Waals surface area contributed by atoms with Crippen LogP contribution in [0.15, 0.2) is 0 Å². The Morgan fingerprint density at radius 2 is 2.06 bits per heavy atom. The topological polar surface area (TPSA) is 65.4 Å².